The number of nitrogens with zero attached hydrogens (tertiary/aromatic N) is 1. The minimum atomic E-state index is -0.0165. The lowest BCUT2D eigenvalue weighted by atomic mass is 9.92. The van der Waals surface area contributed by atoms with Gasteiger partial charge in [-0.1, -0.05) is 18.2 Å². The van der Waals surface area contributed by atoms with Gasteiger partial charge in [-0.2, -0.15) is 5.48 Å². The zero-order chi connectivity index (χ0) is 16.5. The van der Waals surface area contributed by atoms with Gasteiger partial charge in [-0.05, 0) is 35.6 Å². The highest BCUT2D eigenvalue weighted by Gasteiger charge is 2.25. The first kappa shape index (κ1) is 15.4. The molecule has 4 rings (SSSR count). The molecule has 0 saturated carbocycles. The topological polar surface area (TPSA) is 60.5 Å². The molecule has 1 aromatic carbocycles. The van der Waals surface area contributed by atoms with Gasteiger partial charge in [0.25, 0.3) is 0 Å². The number of benzene rings is 1. The van der Waals surface area contributed by atoms with Crippen molar-refractivity contribution in [2.24, 2.45) is 0 Å². The van der Waals surface area contributed by atoms with Gasteiger partial charge in [-0.25, -0.2) is 0 Å². The summed E-state index contributed by atoms with van der Waals surface area (Å²) in [4.78, 5) is 21.6. The van der Waals surface area contributed by atoms with E-state index in [1.54, 1.807) is 0 Å². The third-order valence-corrected chi connectivity index (χ3v) is 4.71. The van der Waals surface area contributed by atoms with Crippen LogP contribution < -0.4 is 5.48 Å². The summed E-state index contributed by atoms with van der Waals surface area (Å²) in [7, 11) is 0. The van der Waals surface area contributed by atoms with Gasteiger partial charge in [0.2, 0.25) is 0 Å². The van der Waals surface area contributed by atoms with E-state index in [1.807, 2.05) is 31.5 Å². The van der Waals surface area contributed by atoms with Crippen LogP contribution in [0, 0.1) is 0 Å². The molecule has 0 bridgehead atoms. The average molecular weight is 324 g/mol. The number of aromatic nitrogens is 1. The van der Waals surface area contributed by atoms with E-state index in [2.05, 4.69) is 16.5 Å². The van der Waals surface area contributed by atoms with Gasteiger partial charge in [-0.3, -0.25) is 9.78 Å². The highest BCUT2D eigenvalue weighted by Crippen LogP contribution is 2.34. The Kier molecular flexibility index (Phi) is 4.14. The summed E-state index contributed by atoms with van der Waals surface area (Å²) in [5.74, 6) is 0.245. The van der Waals surface area contributed by atoms with Crippen molar-refractivity contribution in [2.45, 2.75) is 32.4 Å². The minimum absolute atomic E-state index is 0.0165. The Hall–Kier alpha value is -2.08. The second kappa shape index (κ2) is 6.43. The van der Waals surface area contributed by atoms with Crippen LogP contribution in [0.25, 0.3) is 11.1 Å². The first-order valence-corrected chi connectivity index (χ1v) is 8.36. The highest BCUT2D eigenvalue weighted by atomic mass is 16.6. The molecule has 1 N–H and O–H groups in total. The SMILES string of the molecule is CCONC1COCc2c(-c3ccc4c(c3)CCC4=O)cncc21. The number of fused-ring (bicyclic) bond motifs is 2. The van der Waals surface area contributed by atoms with Crippen LogP contribution in [0.15, 0.2) is 30.6 Å². The van der Waals surface area contributed by atoms with Crippen molar-refractivity contribution >= 4 is 5.78 Å². The van der Waals surface area contributed by atoms with Crippen LogP contribution in [-0.2, 0) is 22.6 Å². The number of nitrogens with one attached hydrogen (secondary N) is 1. The molecule has 0 amide bonds. The third-order valence-electron chi connectivity index (χ3n) is 4.71. The van der Waals surface area contributed by atoms with Crippen molar-refractivity contribution in [1.29, 1.82) is 0 Å². The normalized spacial score (nSPS) is 19.2. The van der Waals surface area contributed by atoms with Gasteiger partial charge in [0.1, 0.15) is 0 Å². The van der Waals surface area contributed by atoms with E-state index >= 15 is 0 Å². The molecule has 0 spiro atoms. The lowest BCUT2D eigenvalue weighted by molar-refractivity contribution is -0.0190. The summed E-state index contributed by atoms with van der Waals surface area (Å²) >= 11 is 0. The Morgan fingerprint density at radius 3 is 3.08 bits per heavy atom. The standard InChI is InChI=1S/C19H20N2O3/c1-2-24-21-18-11-23-10-17-15(8-20-9-16(17)18)13-3-5-14-12(7-13)4-6-19(14)22/h3,5,7-9,18,21H,2,4,6,10-11H2,1H3. The quantitative estimate of drug-likeness (QED) is 0.876. The van der Waals surface area contributed by atoms with Crippen LogP contribution in [0.2, 0.25) is 0 Å². The molecular weight excluding hydrogens is 304 g/mol. The number of hydrogen-bond acceptors (Lipinski definition) is 5. The van der Waals surface area contributed by atoms with Gasteiger partial charge in [0.05, 0.1) is 25.9 Å². The summed E-state index contributed by atoms with van der Waals surface area (Å²) in [6, 6.07) is 6.06. The van der Waals surface area contributed by atoms with Crippen molar-refractivity contribution in [3.63, 3.8) is 0 Å². The number of carbonyl (C=O) groups excluding carboxylic acids is 1. The number of hydroxylamine groups is 1. The van der Waals surface area contributed by atoms with Crippen molar-refractivity contribution in [1.82, 2.24) is 10.5 Å². The largest absolute Gasteiger partial charge is 0.375 e. The van der Waals surface area contributed by atoms with E-state index in [-0.39, 0.29) is 11.8 Å². The third kappa shape index (κ3) is 2.65. The van der Waals surface area contributed by atoms with Crippen molar-refractivity contribution < 1.29 is 14.4 Å². The van der Waals surface area contributed by atoms with Crippen LogP contribution in [0.3, 0.4) is 0 Å². The monoisotopic (exact) mass is 324 g/mol. The molecule has 2 aliphatic rings. The van der Waals surface area contributed by atoms with E-state index < -0.39 is 0 Å². The van der Waals surface area contributed by atoms with Crippen LogP contribution in [-0.4, -0.2) is 24.0 Å². The summed E-state index contributed by atoms with van der Waals surface area (Å²) < 4.78 is 5.75. The van der Waals surface area contributed by atoms with Crippen LogP contribution >= 0.6 is 0 Å². The fourth-order valence-electron chi connectivity index (χ4n) is 3.49. The fraction of sp³-hybridized carbons (Fsp3) is 0.368. The predicted molar refractivity (Wildman–Crippen MR) is 89.5 cm³/mol. The summed E-state index contributed by atoms with van der Waals surface area (Å²) in [5, 5.41) is 0. The summed E-state index contributed by atoms with van der Waals surface area (Å²) in [6.45, 7) is 3.67. The van der Waals surface area contributed by atoms with E-state index in [0.717, 1.165) is 39.8 Å². The molecule has 0 radical (unpaired) electrons. The van der Waals surface area contributed by atoms with E-state index in [1.165, 1.54) is 0 Å². The zero-order valence-corrected chi connectivity index (χ0v) is 13.7. The molecule has 1 aromatic heterocycles. The van der Waals surface area contributed by atoms with Gasteiger partial charge in [0.15, 0.2) is 5.78 Å². The number of ketones is 1. The number of ether oxygens (including phenoxy) is 1. The average Bonchev–Trinajstić information content (AvgIpc) is 3.00. The number of Topliss-reactive ketones (excluding diaryl/α,β-unsaturated/α-hetero) is 1. The lowest BCUT2D eigenvalue weighted by Gasteiger charge is -2.27. The second-order valence-electron chi connectivity index (χ2n) is 6.17. The number of rotatable bonds is 4. The highest BCUT2D eigenvalue weighted by molar-refractivity contribution is 6.01. The molecular formula is C19H20N2O3. The van der Waals surface area contributed by atoms with E-state index in [0.29, 0.717) is 26.2 Å². The van der Waals surface area contributed by atoms with E-state index in [9.17, 15) is 4.79 Å². The van der Waals surface area contributed by atoms with Gasteiger partial charge in [-0.15, -0.1) is 0 Å². The van der Waals surface area contributed by atoms with Crippen LogP contribution in [0.4, 0.5) is 0 Å². The molecule has 1 aliphatic heterocycles. The molecule has 124 valence electrons. The number of hydrogen-bond donors (Lipinski definition) is 1. The summed E-state index contributed by atoms with van der Waals surface area (Å²) in [5.41, 5.74) is 9.45. The Morgan fingerprint density at radius 1 is 1.29 bits per heavy atom. The number of pyridine rings is 1. The van der Waals surface area contributed by atoms with E-state index in [4.69, 9.17) is 9.57 Å². The zero-order valence-electron chi connectivity index (χ0n) is 13.7. The minimum Gasteiger partial charge on any atom is -0.375 e. The van der Waals surface area contributed by atoms with Crippen molar-refractivity contribution in [3.05, 3.63) is 52.8 Å². The molecule has 24 heavy (non-hydrogen) atoms. The Morgan fingerprint density at radius 2 is 2.21 bits per heavy atom. The maximum absolute atomic E-state index is 11.8. The molecule has 1 aliphatic carbocycles. The first-order chi connectivity index (χ1) is 11.8. The fourth-order valence-corrected chi connectivity index (χ4v) is 3.49. The van der Waals surface area contributed by atoms with Crippen molar-refractivity contribution in [3.8, 4) is 11.1 Å². The van der Waals surface area contributed by atoms with Gasteiger partial charge < -0.3 is 9.57 Å². The van der Waals surface area contributed by atoms with Crippen LogP contribution in [0.5, 0.6) is 0 Å². The van der Waals surface area contributed by atoms with Gasteiger partial charge >= 0.3 is 0 Å². The molecule has 0 fully saturated rings. The maximum atomic E-state index is 11.8. The second-order valence-corrected chi connectivity index (χ2v) is 6.17. The number of carbonyl (C=O) groups is 1. The maximum Gasteiger partial charge on any atom is 0.163 e. The smallest absolute Gasteiger partial charge is 0.163 e. The van der Waals surface area contributed by atoms with Crippen LogP contribution in [0.1, 0.15) is 46.4 Å². The Bertz CT molecular complexity index is 788. The first-order valence-electron chi connectivity index (χ1n) is 8.36. The molecule has 5 nitrogen and oxygen atoms in total. The Balaban J connectivity index is 1.73. The molecule has 5 heteroatoms. The molecule has 2 heterocycles. The molecule has 1 atom stereocenters. The molecule has 1 unspecified atom stereocenters. The van der Waals surface area contributed by atoms with Gasteiger partial charge in [0, 0.05) is 29.9 Å². The summed E-state index contributed by atoms with van der Waals surface area (Å²) in [6.07, 6.45) is 5.21. The predicted octanol–water partition coefficient (Wildman–Crippen LogP) is 2.99. The molecule has 0 saturated heterocycles. The molecule has 2 aromatic rings. The van der Waals surface area contributed by atoms with Crippen molar-refractivity contribution in [2.75, 3.05) is 13.2 Å². The lowest BCUT2D eigenvalue weighted by Crippen LogP contribution is -2.30. The Labute approximate surface area is 141 Å². The number of aryl methyl sites for hydroxylation is 1.